The van der Waals surface area contributed by atoms with E-state index in [1.807, 2.05) is 18.2 Å². The van der Waals surface area contributed by atoms with E-state index in [9.17, 15) is 13.2 Å². The van der Waals surface area contributed by atoms with Crippen LogP contribution < -0.4 is 10.6 Å². The Morgan fingerprint density at radius 3 is 2.87 bits per heavy atom. The molecule has 0 fully saturated rings. The number of carbonyl (C=O) groups is 1. The number of hydrogen-bond donors (Lipinski definition) is 2. The second-order valence-corrected chi connectivity index (χ2v) is 7.53. The zero-order chi connectivity index (χ0) is 16.0. The van der Waals surface area contributed by atoms with Gasteiger partial charge in [0, 0.05) is 19.7 Å². The fraction of sp³-hybridized carbons (Fsp3) is 0.533. The monoisotopic (exact) mass is 362 g/mol. The molecule has 2 N–H and O–H groups in total. The van der Waals surface area contributed by atoms with Crippen molar-refractivity contribution in [1.82, 2.24) is 10.6 Å². The van der Waals surface area contributed by atoms with Gasteiger partial charge in [0.05, 0.1) is 12.4 Å². The maximum absolute atomic E-state index is 11.8. The summed E-state index contributed by atoms with van der Waals surface area (Å²) in [4.78, 5) is 11.8. The fourth-order valence-corrected chi connectivity index (χ4v) is 3.59. The van der Waals surface area contributed by atoms with Gasteiger partial charge in [-0.2, -0.15) is 0 Å². The molecule has 1 aliphatic heterocycles. The van der Waals surface area contributed by atoms with Crippen LogP contribution in [0.2, 0.25) is 0 Å². The van der Waals surface area contributed by atoms with Crippen molar-refractivity contribution in [3.05, 3.63) is 35.4 Å². The number of hydrogen-bond acceptors (Lipinski definition) is 5. The Kier molecular flexibility index (Phi) is 7.98. The van der Waals surface area contributed by atoms with Crippen LogP contribution in [0.3, 0.4) is 0 Å². The first-order valence-corrected chi connectivity index (χ1v) is 9.11. The van der Waals surface area contributed by atoms with Gasteiger partial charge in [-0.05, 0) is 24.1 Å². The summed E-state index contributed by atoms with van der Waals surface area (Å²) in [6.45, 7) is 1.34. The zero-order valence-electron chi connectivity index (χ0n) is 13.1. The van der Waals surface area contributed by atoms with Crippen molar-refractivity contribution in [1.29, 1.82) is 0 Å². The van der Waals surface area contributed by atoms with Gasteiger partial charge >= 0.3 is 0 Å². The Balaban J connectivity index is 0.00000264. The Hall–Kier alpha value is -1.15. The fourth-order valence-electron chi connectivity index (χ4n) is 2.52. The van der Waals surface area contributed by atoms with Crippen LogP contribution in [0.15, 0.2) is 24.3 Å². The number of fused-ring (bicyclic) bond motifs is 1. The van der Waals surface area contributed by atoms with Crippen LogP contribution in [0.4, 0.5) is 0 Å². The molecule has 0 spiro atoms. The van der Waals surface area contributed by atoms with Gasteiger partial charge in [-0.3, -0.25) is 4.79 Å². The van der Waals surface area contributed by atoms with Crippen LogP contribution >= 0.6 is 12.4 Å². The molecule has 1 aliphatic rings. The number of methoxy groups -OCH3 is 1. The predicted molar refractivity (Wildman–Crippen MR) is 91.7 cm³/mol. The number of ether oxygens (including phenoxy) is 1. The molecule has 1 aromatic rings. The highest BCUT2D eigenvalue weighted by Gasteiger charge is 2.21. The van der Waals surface area contributed by atoms with Crippen molar-refractivity contribution in [3.8, 4) is 0 Å². The summed E-state index contributed by atoms with van der Waals surface area (Å²) >= 11 is 0. The SMILES string of the molecule is COCCS(=O)(=O)CC(=O)NCC1NCCc2ccccc21.Cl. The highest BCUT2D eigenvalue weighted by molar-refractivity contribution is 7.92. The summed E-state index contributed by atoms with van der Waals surface area (Å²) in [6, 6.07) is 8.11. The minimum Gasteiger partial charge on any atom is -0.384 e. The van der Waals surface area contributed by atoms with E-state index in [2.05, 4.69) is 16.7 Å². The number of benzene rings is 1. The summed E-state index contributed by atoms with van der Waals surface area (Å²) in [5.41, 5.74) is 2.43. The summed E-state index contributed by atoms with van der Waals surface area (Å²) in [6.07, 6.45) is 0.964. The Bertz CT molecular complexity index is 622. The topological polar surface area (TPSA) is 84.5 Å². The van der Waals surface area contributed by atoms with Crippen molar-refractivity contribution in [2.45, 2.75) is 12.5 Å². The maximum atomic E-state index is 11.8. The molecule has 23 heavy (non-hydrogen) atoms. The Morgan fingerprint density at radius 2 is 2.13 bits per heavy atom. The molecule has 0 saturated heterocycles. The summed E-state index contributed by atoms with van der Waals surface area (Å²) < 4.78 is 28.1. The molecule has 130 valence electrons. The number of sulfone groups is 1. The molecule has 8 heteroatoms. The molecular formula is C15H23ClN2O4S. The molecule has 2 rings (SSSR count). The number of rotatable bonds is 7. The molecule has 1 atom stereocenters. The average Bonchev–Trinajstić information content (AvgIpc) is 2.50. The van der Waals surface area contributed by atoms with Gasteiger partial charge in [-0.15, -0.1) is 12.4 Å². The number of nitrogens with one attached hydrogen (secondary N) is 2. The van der Waals surface area contributed by atoms with Crippen LogP contribution in [-0.4, -0.2) is 52.6 Å². The second kappa shape index (κ2) is 9.22. The molecule has 0 bridgehead atoms. The zero-order valence-corrected chi connectivity index (χ0v) is 14.7. The molecular weight excluding hydrogens is 340 g/mol. The molecule has 6 nitrogen and oxygen atoms in total. The van der Waals surface area contributed by atoms with Gasteiger partial charge in [0.25, 0.3) is 0 Å². The third-order valence-corrected chi connectivity index (χ3v) is 5.16. The largest absolute Gasteiger partial charge is 0.384 e. The molecule has 0 radical (unpaired) electrons. The van der Waals surface area contributed by atoms with E-state index < -0.39 is 21.5 Å². The molecule has 0 aromatic heterocycles. The van der Waals surface area contributed by atoms with E-state index in [-0.39, 0.29) is 30.8 Å². The number of halogens is 1. The van der Waals surface area contributed by atoms with Crippen LogP contribution in [0.1, 0.15) is 17.2 Å². The first kappa shape index (κ1) is 19.9. The van der Waals surface area contributed by atoms with Gasteiger partial charge in [0.15, 0.2) is 9.84 Å². The van der Waals surface area contributed by atoms with Crippen molar-refractivity contribution in [2.75, 3.05) is 38.3 Å². The van der Waals surface area contributed by atoms with Crippen LogP contribution in [0.25, 0.3) is 0 Å². The molecule has 0 saturated carbocycles. The first-order chi connectivity index (χ1) is 10.5. The van der Waals surface area contributed by atoms with E-state index in [0.717, 1.165) is 18.5 Å². The minimum absolute atomic E-state index is 0. The number of amides is 1. The lowest BCUT2D eigenvalue weighted by Gasteiger charge is -2.27. The van der Waals surface area contributed by atoms with E-state index in [1.54, 1.807) is 0 Å². The second-order valence-electron chi connectivity index (χ2n) is 5.34. The van der Waals surface area contributed by atoms with Crippen molar-refractivity contribution >= 4 is 28.2 Å². The van der Waals surface area contributed by atoms with Crippen molar-refractivity contribution < 1.29 is 17.9 Å². The summed E-state index contributed by atoms with van der Waals surface area (Å²) in [5.74, 6) is -1.10. The standard InChI is InChI=1S/C15H22N2O4S.ClH/c1-21-8-9-22(19,20)11-15(18)17-10-14-13-5-3-2-4-12(13)6-7-16-14;/h2-5,14,16H,6-11H2,1H3,(H,17,18);1H. The normalized spacial score (nSPS) is 17.0. The minimum atomic E-state index is -3.41. The molecule has 1 aromatic carbocycles. The van der Waals surface area contributed by atoms with Gasteiger partial charge in [-0.25, -0.2) is 8.42 Å². The lowest BCUT2D eigenvalue weighted by molar-refractivity contribution is -0.118. The van der Waals surface area contributed by atoms with Crippen molar-refractivity contribution in [3.63, 3.8) is 0 Å². The number of carbonyl (C=O) groups excluding carboxylic acids is 1. The highest BCUT2D eigenvalue weighted by atomic mass is 35.5. The predicted octanol–water partition coefficient (Wildman–Crippen LogP) is 0.473. The van der Waals surface area contributed by atoms with Crippen LogP contribution in [0.5, 0.6) is 0 Å². The third kappa shape index (κ3) is 6.10. The molecule has 0 aliphatic carbocycles. The molecule has 1 amide bonds. The lowest BCUT2D eigenvalue weighted by atomic mass is 9.94. The molecule has 1 unspecified atom stereocenters. The van der Waals surface area contributed by atoms with Crippen LogP contribution in [0, 0.1) is 0 Å². The maximum Gasteiger partial charge on any atom is 0.235 e. The average molecular weight is 363 g/mol. The Labute approximate surface area is 143 Å². The first-order valence-electron chi connectivity index (χ1n) is 7.29. The quantitative estimate of drug-likeness (QED) is 0.736. The Morgan fingerprint density at radius 1 is 1.39 bits per heavy atom. The van der Waals surface area contributed by atoms with E-state index in [4.69, 9.17) is 4.74 Å². The van der Waals surface area contributed by atoms with Gasteiger partial charge in [-0.1, -0.05) is 24.3 Å². The lowest BCUT2D eigenvalue weighted by Crippen LogP contribution is -2.40. The summed E-state index contributed by atoms with van der Waals surface area (Å²) in [7, 11) is -1.98. The van der Waals surface area contributed by atoms with E-state index in [0.29, 0.717) is 6.54 Å². The van der Waals surface area contributed by atoms with Crippen molar-refractivity contribution in [2.24, 2.45) is 0 Å². The van der Waals surface area contributed by atoms with Crippen LogP contribution in [-0.2, 0) is 25.8 Å². The smallest absolute Gasteiger partial charge is 0.235 e. The van der Waals surface area contributed by atoms with Gasteiger partial charge in [0.2, 0.25) is 5.91 Å². The summed E-state index contributed by atoms with van der Waals surface area (Å²) in [5, 5.41) is 6.05. The highest BCUT2D eigenvalue weighted by Crippen LogP contribution is 2.21. The van der Waals surface area contributed by atoms with Gasteiger partial charge in [0.1, 0.15) is 5.75 Å². The third-order valence-electron chi connectivity index (χ3n) is 3.67. The van der Waals surface area contributed by atoms with E-state index in [1.165, 1.54) is 12.7 Å². The van der Waals surface area contributed by atoms with Gasteiger partial charge < -0.3 is 15.4 Å². The molecule has 1 heterocycles. The van der Waals surface area contributed by atoms with E-state index >= 15 is 0 Å².